The predicted molar refractivity (Wildman–Crippen MR) is 286 cm³/mol. The summed E-state index contributed by atoms with van der Waals surface area (Å²) in [5, 5.41) is 3.76. The molecule has 3 aromatic heterocycles. The van der Waals surface area contributed by atoms with E-state index in [1.165, 1.54) is 54.4 Å². The average molecular weight is 880 g/mol. The van der Waals surface area contributed by atoms with Crippen LogP contribution in [0.15, 0.2) is 152 Å². The molecular formula is C62H61N3S. The van der Waals surface area contributed by atoms with Crippen LogP contribution in [0.25, 0.3) is 92.7 Å². The van der Waals surface area contributed by atoms with Crippen LogP contribution in [-0.4, -0.2) is 14.5 Å². The number of benzene rings is 7. The highest BCUT2D eigenvalue weighted by molar-refractivity contribution is 7.26. The maximum atomic E-state index is 5.55. The van der Waals surface area contributed by atoms with E-state index < -0.39 is 0 Å². The van der Waals surface area contributed by atoms with Gasteiger partial charge >= 0.3 is 0 Å². The Labute approximate surface area is 395 Å². The third kappa shape index (κ3) is 7.54. The fourth-order valence-electron chi connectivity index (χ4n) is 9.70. The Morgan fingerprint density at radius 1 is 0.409 bits per heavy atom. The number of thiophene rings is 1. The molecule has 0 saturated carbocycles. The maximum Gasteiger partial charge on any atom is 0.160 e. The highest BCUT2D eigenvalue weighted by Gasteiger charge is 2.33. The van der Waals surface area contributed by atoms with Crippen molar-refractivity contribution in [3.63, 3.8) is 0 Å². The molecule has 4 heteroatoms. The summed E-state index contributed by atoms with van der Waals surface area (Å²) >= 11 is 1.78. The normalized spacial score (nSPS) is 12.8. The number of nitrogens with zero attached hydrogens (tertiary/aromatic N) is 3. The molecule has 0 unspecified atom stereocenters. The van der Waals surface area contributed by atoms with Crippen LogP contribution >= 0.6 is 11.3 Å². The number of aromatic nitrogens is 3. The van der Waals surface area contributed by atoms with Crippen LogP contribution in [0.5, 0.6) is 0 Å². The Morgan fingerprint density at radius 2 is 0.848 bits per heavy atom. The number of hydrogen-bond acceptors (Lipinski definition) is 3. The highest BCUT2D eigenvalue weighted by Crippen LogP contribution is 2.50. The Kier molecular flexibility index (Phi) is 10.3. The van der Waals surface area contributed by atoms with Gasteiger partial charge in [0, 0.05) is 43.1 Å². The first-order valence-corrected chi connectivity index (χ1v) is 24.3. The van der Waals surface area contributed by atoms with Crippen molar-refractivity contribution in [2.24, 2.45) is 0 Å². The molecule has 0 aliphatic carbocycles. The van der Waals surface area contributed by atoms with E-state index in [1.807, 2.05) is 0 Å². The molecular weight excluding hydrogens is 819 g/mol. The summed E-state index contributed by atoms with van der Waals surface area (Å²) in [5.41, 5.74) is 17.2. The van der Waals surface area contributed by atoms with Gasteiger partial charge in [0.25, 0.3) is 0 Å². The van der Waals surface area contributed by atoms with Crippen LogP contribution in [0.1, 0.15) is 105 Å². The van der Waals surface area contributed by atoms with Crippen molar-refractivity contribution in [1.29, 1.82) is 0 Å². The van der Waals surface area contributed by atoms with Crippen LogP contribution in [0.2, 0.25) is 0 Å². The summed E-state index contributed by atoms with van der Waals surface area (Å²) in [6, 6.07) is 56.1. The van der Waals surface area contributed by atoms with Crippen LogP contribution < -0.4 is 0 Å². The van der Waals surface area contributed by atoms with Gasteiger partial charge in [-0.15, -0.1) is 11.3 Å². The van der Waals surface area contributed by atoms with Gasteiger partial charge in [-0.1, -0.05) is 204 Å². The van der Waals surface area contributed by atoms with E-state index in [4.69, 9.17) is 9.97 Å². The molecule has 330 valence electrons. The van der Waals surface area contributed by atoms with Crippen LogP contribution in [0.3, 0.4) is 0 Å². The maximum absolute atomic E-state index is 5.55. The molecule has 0 spiro atoms. The smallest absolute Gasteiger partial charge is 0.160 e. The first-order valence-electron chi connectivity index (χ1n) is 23.5. The van der Waals surface area contributed by atoms with E-state index >= 15 is 0 Å². The standard InChI is InChI=1S/C62H61N3S/c1-59(2,3)42-34-47-48-35-43(60(4,5)6)37-50(62(10,11)12)56(48)65(55(47)49(36-42)61(7,8)9)54-45(38-24-16-13-17-25-38)32-41(33-46(54)39-26-18-14-19-27-39)52-57-53(44-30-22-23-31-51(44)66-57)64-58(63-52)40-28-20-15-21-29-40/h13-37H,1-12H3. The molecule has 3 nitrogen and oxygen atoms in total. The van der Waals surface area contributed by atoms with Gasteiger partial charge in [-0.25, -0.2) is 9.97 Å². The molecule has 0 saturated heterocycles. The van der Waals surface area contributed by atoms with Gasteiger partial charge in [-0.3, -0.25) is 0 Å². The van der Waals surface area contributed by atoms with Crippen molar-refractivity contribution in [1.82, 2.24) is 14.5 Å². The van der Waals surface area contributed by atoms with Gasteiger partial charge in [0.2, 0.25) is 0 Å². The zero-order chi connectivity index (χ0) is 46.5. The van der Waals surface area contributed by atoms with Crippen molar-refractivity contribution in [2.75, 3.05) is 0 Å². The van der Waals surface area contributed by atoms with Crippen LogP contribution in [0.4, 0.5) is 0 Å². The molecule has 0 atom stereocenters. The first-order chi connectivity index (χ1) is 31.3. The Hall–Kier alpha value is -6.36. The molecule has 0 amide bonds. The fourth-order valence-corrected chi connectivity index (χ4v) is 10.9. The summed E-state index contributed by atoms with van der Waals surface area (Å²) in [7, 11) is 0. The summed E-state index contributed by atoms with van der Waals surface area (Å²) in [5.74, 6) is 0.726. The average Bonchev–Trinajstić information content (AvgIpc) is 3.83. The lowest BCUT2D eigenvalue weighted by molar-refractivity contribution is 0.571. The van der Waals surface area contributed by atoms with Gasteiger partial charge in [0.15, 0.2) is 5.82 Å². The highest BCUT2D eigenvalue weighted by atomic mass is 32.1. The Morgan fingerprint density at radius 3 is 1.30 bits per heavy atom. The van der Waals surface area contributed by atoms with Crippen molar-refractivity contribution in [2.45, 2.75) is 105 Å². The van der Waals surface area contributed by atoms with Gasteiger partial charge in [-0.05, 0) is 85.4 Å². The topological polar surface area (TPSA) is 30.7 Å². The molecule has 66 heavy (non-hydrogen) atoms. The van der Waals surface area contributed by atoms with E-state index in [-0.39, 0.29) is 21.7 Å². The second-order valence-electron chi connectivity index (χ2n) is 22.4. The van der Waals surface area contributed by atoms with Crippen molar-refractivity contribution in [3.05, 3.63) is 174 Å². The lowest BCUT2D eigenvalue weighted by Crippen LogP contribution is -2.19. The first kappa shape index (κ1) is 43.5. The lowest BCUT2D eigenvalue weighted by Gasteiger charge is -2.29. The van der Waals surface area contributed by atoms with Crippen molar-refractivity contribution in [3.8, 4) is 50.6 Å². The van der Waals surface area contributed by atoms with Gasteiger partial charge in [-0.2, -0.15) is 0 Å². The zero-order valence-electron chi connectivity index (χ0n) is 40.7. The van der Waals surface area contributed by atoms with E-state index in [9.17, 15) is 0 Å². The molecule has 7 aromatic carbocycles. The van der Waals surface area contributed by atoms with Crippen LogP contribution in [-0.2, 0) is 21.7 Å². The minimum atomic E-state index is -0.179. The molecule has 0 fully saturated rings. The van der Waals surface area contributed by atoms with Crippen molar-refractivity contribution >= 4 is 53.4 Å². The molecule has 0 bridgehead atoms. The van der Waals surface area contributed by atoms with Crippen molar-refractivity contribution < 1.29 is 0 Å². The third-order valence-corrected chi connectivity index (χ3v) is 14.5. The Balaban J connectivity index is 1.46. The second kappa shape index (κ2) is 15.6. The SMILES string of the molecule is CC(C)(C)c1cc(C(C)(C)C)c2c(c1)c1cc(C(C)(C)C)cc(C(C)(C)C)c1n2-c1c(-c2ccccc2)cc(-c2nc(-c3ccccc3)nc3c2sc2ccccc23)cc1-c1ccccc1. The van der Waals surface area contributed by atoms with Crippen LogP contribution in [0, 0.1) is 0 Å². The van der Waals surface area contributed by atoms with E-state index in [2.05, 4.69) is 239 Å². The Bertz CT molecular complexity index is 3320. The quantitative estimate of drug-likeness (QED) is 0.172. The lowest BCUT2D eigenvalue weighted by atomic mass is 9.78. The second-order valence-corrected chi connectivity index (χ2v) is 23.4. The summed E-state index contributed by atoms with van der Waals surface area (Å²) in [6.07, 6.45) is 0. The number of fused-ring (bicyclic) bond motifs is 6. The number of hydrogen-bond donors (Lipinski definition) is 0. The third-order valence-electron chi connectivity index (χ3n) is 13.3. The zero-order valence-corrected chi connectivity index (χ0v) is 41.5. The predicted octanol–water partition coefficient (Wildman–Crippen LogP) is 17.8. The molecule has 0 radical (unpaired) electrons. The molecule has 10 aromatic rings. The van der Waals surface area contributed by atoms with Gasteiger partial charge in [0.05, 0.1) is 32.6 Å². The monoisotopic (exact) mass is 879 g/mol. The minimum absolute atomic E-state index is 0.0583. The largest absolute Gasteiger partial charge is 0.307 e. The number of rotatable bonds is 5. The molecule has 0 aliphatic rings. The minimum Gasteiger partial charge on any atom is -0.307 e. The summed E-state index contributed by atoms with van der Waals surface area (Å²) in [4.78, 5) is 10.9. The molecule has 0 aliphatic heterocycles. The fraction of sp³-hybridized carbons (Fsp3) is 0.258. The molecule has 3 heterocycles. The van der Waals surface area contributed by atoms with E-state index in [1.54, 1.807) is 11.3 Å². The van der Waals surface area contributed by atoms with E-state index in [0.717, 1.165) is 60.5 Å². The molecule has 10 rings (SSSR count). The van der Waals surface area contributed by atoms with Gasteiger partial charge in [0.1, 0.15) is 0 Å². The summed E-state index contributed by atoms with van der Waals surface area (Å²) in [6.45, 7) is 28.4. The summed E-state index contributed by atoms with van der Waals surface area (Å²) < 4.78 is 4.99. The van der Waals surface area contributed by atoms with E-state index in [0.29, 0.717) is 0 Å². The molecule has 0 N–H and O–H groups in total. The van der Waals surface area contributed by atoms with Gasteiger partial charge < -0.3 is 4.57 Å².